The van der Waals surface area contributed by atoms with Gasteiger partial charge in [0.15, 0.2) is 0 Å². The maximum absolute atomic E-state index is 5.79. The Bertz CT molecular complexity index is 561. The Morgan fingerprint density at radius 1 is 1.55 bits per heavy atom. The summed E-state index contributed by atoms with van der Waals surface area (Å²) in [6.07, 6.45) is 1.79. The van der Waals surface area contributed by atoms with Crippen LogP contribution in [0, 0.1) is 13.8 Å². The molecule has 2 rings (SSSR count). The van der Waals surface area contributed by atoms with Crippen molar-refractivity contribution in [3.63, 3.8) is 0 Å². The number of aromatic nitrogens is 2. The minimum Gasteiger partial charge on any atom is -0.383 e. The third kappa shape index (κ3) is 3.12. The number of hydrogen-bond donors (Lipinski definition) is 2. The Balaban J connectivity index is 2.38. The summed E-state index contributed by atoms with van der Waals surface area (Å²) in [4.78, 5) is 2.49. The van der Waals surface area contributed by atoms with E-state index in [1.807, 2.05) is 4.68 Å². The zero-order valence-electron chi connectivity index (χ0n) is 11.8. The van der Waals surface area contributed by atoms with Crippen molar-refractivity contribution >= 4 is 27.3 Å². The number of nitrogens with one attached hydrogen (secondary N) is 1. The molecule has 2 aromatic rings. The largest absolute Gasteiger partial charge is 0.383 e. The lowest BCUT2D eigenvalue weighted by molar-refractivity contribution is 0.182. The quantitative estimate of drug-likeness (QED) is 0.615. The van der Waals surface area contributed by atoms with Crippen LogP contribution in [0.1, 0.15) is 27.1 Å². The molecule has 5 nitrogen and oxygen atoms in total. The molecule has 0 bridgehead atoms. The van der Waals surface area contributed by atoms with Crippen molar-refractivity contribution < 1.29 is 4.74 Å². The van der Waals surface area contributed by atoms with E-state index in [1.54, 1.807) is 24.6 Å². The number of halogens is 1. The van der Waals surface area contributed by atoms with Crippen molar-refractivity contribution in [3.8, 4) is 0 Å². The second-order valence-electron chi connectivity index (χ2n) is 4.58. The van der Waals surface area contributed by atoms with Gasteiger partial charge in [0.1, 0.15) is 0 Å². The highest BCUT2D eigenvalue weighted by Crippen LogP contribution is 2.33. The Kier molecular flexibility index (Phi) is 5.34. The van der Waals surface area contributed by atoms with Crippen LogP contribution in [-0.2, 0) is 11.3 Å². The Morgan fingerprint density at radius 3 is 2.85 bits per heavy atom. The van der Waals surface area contributed by atoms with Crippen LogP contribution in [0.5, 0.6) is 0 Å². The minimum atomic E-state index is -0.0823. The van der Waals surface area contributed by atoms with Crippen LogP contribution < -0.4 is 11.3 Å². The smallest absolute Gasteiger partial charge is 0.0981 e. The van der Waals surface area contributed by atoms with Crippen LogP contribution in [0.15, 0.2) is 16.7 Å². The van der Waals surface area contributed by atoms with Gasteiger partial charge < -0.3 is 4.74 Å². The summed E-state index contributed by atoms with van der Waals surface area (Å²) < 4.78 is 7.99. The predicted octanol–water partition coefficient (Wildman–Crippen LogP) is 2.52. The fourth-order valence-electron chi connectivity index (χ4n) is 2.05. The van der Waals surface area contributed by atoms with Gasteiger partial charge in [-0.05, 0) is 41.4 Å². The SMILES string of the molecule is COCCn1ncc(Br)c1C(NN)c1cc(C)c(C)s1. The molecule has 3 N–H and O–H groups in total. The first kappa shape index (κ1) is 15.7. The van der Waals surface area contributed by atoms with Gasteiger partial charge in [0.25, 0.3) is 0 Å². The number of hydrazine groups is 1. The second kappa shape index (κ2) is 6.82. The van der Waals surface area contributed by atoms with Gasteiger partial charge in [0.05, 0.1) is 35.6 Å². The van der Waals surface area contributed by atoms with Gasteiger partial charge in [-0.1, -0.05) is 0 Å². The Morgan fingerprint density at radius 2 is 2.30 bits per heavy atom. The van der Waals surface area contributed by atoms with Gasteiger partial charge in [-0.2, -0.15) is 5.10 Å². The summed E-state index contributed by atoms with van der Waals surface area (Å²) in [5.41, 5.74) is 5.20. The number of ether oxygens (including phenoxy) is 1. The van der Waals surface area contributed by atoms with Gasteiger partial charge in [0, 0.05) is 16.9 Å². The topological polar surface area (TPSA) is 65.1 Å². The van der Waals surface area contributed by atoms with Crippen molar-refractivity contribution in [1.29, 1.82) is 0 Å². The van der Waals surface area contributed by atoms with Crippen LogP contribution in [0.25, 0.3) is 0 Å². The molecular weight excluding hydrogens is 340 g/mol. The van der Waals surface area contributed by atoms with Gasteiger partial charge in [-0.25, -0.2) is 5.43 Å². The highest BCUT2D eigenvalue weighted by Gasteiger charge is 2.22. The molecule has 0 aliphatic heterocycles. The zero-order valence-corrected chi connectivity index (χ0v) is 14.2. The van der Waals surface area contributed by atoms with E-state index in [2.05, 4.69) is 46.4 Å². The summed E-state index contributed by atoms with van der Waals surface area (Å²) >= 11 is 5.31. The maximum Gasteiger partial charge on any atom is 0.0981 e. The molecule has 0 amide bonds. The van der Waals surface area contributed by atoms with E-state index in [-0.39, 0.29) is 6.04 Å². The first-order valence-corrected chi connectivity index (χ1v) is 7.92. The molecule has 2 heterocycles. The van der Waals surface area contributed by atoms with Crippen molar-refractivity contribution in [2.75, 3.05) is 13.7 Å². The molecule has 0 aliphatic carbocycles. The van der Waals surface area contributed by atoms with Crippen LogP contribution in [0.2, 0.25) is 0 Å². The number of methoxy groups -OCH3 is 1. The highest BCUT2D eigenvalue weighted by molar-refractivity contribution is 9.10. The van der Waals surface area contributed by atoms with Crippen molar-refractivity contribution in [2.24, 2.45) is 5.84 Å². The summed E-state index contributed by atoms with van der Waals surface area (Å²) in [7, 11) is 1.68. The van der Waals surface area contributed by atoms with E-state index in [1.165, 1.54) is 15.3 Å². The molecule has 20 heavy (non-hydrogen) atoms. The first-order chi connectivity index (χ1) is 9.58. The molecule has 2 aromatic heterocycles. The first-order valence-electron chi connectivity index (χ1n) is 6.31. The third-order valence-corrected chi connectivity index (χ3v) is 5.08. The monoisotopic (exact) mass is 358 g/mol. The standard InChI is InChI=1S/C13H19BrN4OS/c1-8-6-11(20-9(8)2)12(17-15)13-10(14)7-16-18(13)4-5-19-3/h6-7,12,17H,4-5,15H2,1-3H3. The lowest BCUT2D eigenvalue weighted by Gasteiger charge is -2.17. The van der Waals surface area contributed by atoms with E-state index < -0.39 is 0 Å². The zero-order chi connectivity index (χ0) is 14.7. The van der Waals surface area contributed by atoms with E-state index in [9.17, 15) is 0 Å². The third-order valence-electron chi connectivity index (χ3n) is 3.25. The summed E-state index contributed by atoms with van der Waals surface area (Å²) in [5, 5.41) is 4.38. The van der Waals surface area contributed by atoms with Gasteiger partial charge in [0.2, 0.25) is 0 Å². The van der Waals surface area contributed by atoms with Crippen LogP contribution in [-0.4, -0.2) is 23.5 Å². The molecule has 0 fully saturated rings. The predicted molar refractivity (Wildman–Crippen MR) is 84.8 cm³/mol. The van der Waals surface area contributed by atoms with Crippen molar-refractivity contribution in [2.45, 2.75) is 26.4 Å². The average molecular weight is 359 g/mol. The number of aryl methyl sites for hydroxylation is 2. The fraction of sp³-hybridized carbons (Fsp3) is 0.462. The van der Waals surface area contributed by atoms with Crippen molar-refractivity contribution in [3.05, 3.63) is 37.7 Å². The van der Waals surface area contributed by atoms with Gasteiger partial charge >= 0.3 is 0 Å². The number of hydrogen-bond acceptors (Lipinski definition) is 5. The fourth-order valence-corrected chi connectivity index (χ4v) is 3.69. The molecule has 0 saturated carbocycles. The van der Waals surface area contributed by atoms with Crippen LogP contribution >= 0.6 is 27.3 Å². The summed E-state index contributed by atoms with van der Waals surface area (Å²) in [5.74, 6) is 5.79. The number of rotatable bonds is 6. The summed E-state index contributed by atoms with van der Waals surface area (Å²) in [6.45, 7) is 5.54. The molecule has 0 aromatic carbocycles. The van der Waals surface area contributed by atoms with E-state index >= 15 is 0 Å². The Hall–Kier alpha value is -0.730. The molecule has 0 spiro atoms. The Labute approximate surface area is 131 Å². The van der Waals surface area contributed by atoms with Crippen LogP contribution in [0.3, 0.4) is 0 Å². The summed E-state index contributed by atoms with van der Waals surface area (Å²) in [6, 6.07) is 2.09. The van der Waals surface area contributed by atoms with Crippen LogP contribution in [0.4, 0.5) is 0 Å². The number of nitrogens with zero attached hydrogens (tertiary/aromatic N) is 2. The lowest BCUT2D eigenvalue weighted by Crippen LogP contribution is -2.30. The second-order valence-corrected chi connectivity index (χ2v) is 6.72. The van der Waals surface area contributed by atoms with Crippen molar-refractivity contribution in [1.82, 2.24) is 15.2 Å². The van der Waals surface area contributed by atoms with E-state index in [0.717, 1.165) is 10.2 Å². The number of thiophene rings is 1. The minimum absolute atomic E-state index is 0.0823. The molecule has 0 saturated heterocycles. The highest BCUT2D eigenvalue weighted by atomic mass is 79.9. The number of nitrogens with two attached hydrogens (primary N) is 1. The van der Waals surface area contributed by atoms with E-state index in [0.29, 0.717) is 13.2 Å². The normalized spacial score (nSPS) is 12.8. The van der Waals surface area contributed by atoms with Gasteiger partial charge in [-0.3, -0.25) is 10.5 Å². The molecule has 1 unspecified atom stereocenters. The molecule has 1 atom stereocenters. The molecule has 7 heteroatoms. The molecule has 0 radical (unpaired) electrons. The maximum atomic E-state index is 5.79. The molecule has 110 valence electrons. The average Bonchev–Trinajstić information content (AvgIpc) is 2.94. The van der Waals surface area contributed by atoms with Gasteiger partial charge in [-0.15, -0.1) is 11.3 Å². The van der Waals surface area contributed by atoms with E-state index in [4.69, 9.17) is 10.6 Å². The molecule has 0 aliphatic rings. The molecular formula is C13H19BrN4OS. The lowest BCUT2D eigenvalue weighted by atomic mass is 10.1.